The van der Waals surface area contributed by atoms with E-state index in [-0.39, 0.29) is 11.2 Å². The molecule has 0 aliphatic heterocycles. The zero-order valence-corrected chi connectivity index (χ0v) is 12.0. The first-order chi connectivity index (χ1) is 10.3. The minimum atomic E-state index is -0.0310. The van der Waals surface area contributed by atoms with Gasteiger partial charge in [0.1, 0.15) is 5.82 Å². The molecule has 1 aromatic heterocycles. The van der Waals surface area contributed by atoms with Gasteiger partial charge in [-0.2, -0.15) is 0 Å². The van der Waals surface area contributed by atoms with Crippen LogP contribution in [0.4, 0.5) is 0 Å². The van der Waals surface area contributed by atoms with Crippen molar-refractivity contribution in [2.75, 3.05) is 0 Å². The molecule has 3 heteroatoms. The van der Waals surface area contributed by atoms with Gasteiger partial charge in [-0.1, -0.05) is 36.8 Å². The zero-order valence-electron chi connectivity index (χ0n) is 12.0. The number of aromatic nitrogens is 2. The fourth-order valence-corrected chi connectivity index (χ4v) is 3.55. The Balaban J connectivity index is 1.80. The Morgan fingerprint density at radius 1 is 1.00 bits per heavy atom. The third kappa shape index (κ3) is 1.91. The molecular formula is C18H18N2O. The number of benzene rings is 1. The van der Waals surface area contributed by atoms with Crippen LogP contribution in [0, 0.1) is 0 Å². The van der Waals surface area contributed by atoms with Gasteiger partial charge in [-0.15, -0.1) is 0 Å². The maximum atomic E-state index is 11.9. The lowest BCUT2D eigenvalue weighted by Gasteiger charge is -2.41. The topological polar surface area (TPSA) is 42.9 Å². The Hall–Kier alpha value is -2.03. The smallest absolute Gasteiger partial charge is 0.166 e. The molecule has 1 fully saturated rings. The highest BCUT2D eigenvalue weighted by molar-refractivity contribution is 5.97. The van der Waals surface area contributed by atoms with Gasteiger partial charge in [0, 0.05) is 12.6 Å². The lowest BCUT2D eigenvalue weighted by molar-refractivity contribution is 0.0970. The van der Waals surface area contributed by atoms with Gasteiger partial charge < -0.3 is 0 Å². The summed E-state index contributed by atoms with van der Waals surface area (Å²) in [5.74, 6) is 1.11. The highest BCUT2D eigenvalue weighted by atomic mass is 16.1. The summed E-state index contributed by atoms with van der Waals surface area (Å²) in [7, 11) is 0. The molecule has 0 saturated heterocycles. The standard InChI is InChI=1S/C18H18N2O/c21-16-9-4-8-15-14(16)12-19-17(20-15)18(10-5-11-18)13-6-2-1-3-7-13/h1-3,6-7,12H,4-5,8-11H2. The van der Waals surface area contributed by atoms with Crippen LogP contribution in [-0.4, -0.2) is 15.8 Å². The van der Waals surface area contributed by atoms with Crippen molar-refractivity contribution in [2.24, 2.45) is 0 Å². The van der Waals surface area contributed by atoms with Crippen molar-refractivity contribution in [1.82, 2.24) is 9.97 Å². The first-order valence-electron chi connectivity index (χ1n) is 7.75. The van der Waals surface area contributed by atoms with Gasteiger partial charge in [-0.25, -0.2) is 9.97 Å². The third-order valence-corrected chi connectivity index (χ3v) is 4.95. The number of hydrogen-bond donors (Lipinski definition) is 0. The number of hydrogen-bond acceptors (Lipinski definition) is 3. The molecule has 2 aromatic rings. The molecule has 2 aliphatic carbocycles. The van der Waals surface area contributed by atoms with Crippen LogP contribution in [0.25, 0.3) is 0 Å². The van der Waals surface area contributed by atoms with Gasteiger partial charge in [0.05, 0.1) is 16.7 Å². The molecule has 0 amide bonds. The number of ketones is 1. The summed E-state index contributed by atoms with van der Waals surface area (Å²) in [6, 6.07) is 10.6. The number of carbonyl (C=O) groups excluding carboxylic acids is 1. The molecule has 0 N–H and O–H groups in total. The number of carbonyl (C=O) groups is 1. The molecule has 1 aromatic carbocycles. The van der Waals surface area contributed by atoms with E-state index in [4.69, 9.17) is 4.98 Å². The van der Waals surface area contributed by atoms with Crippen molar-refractivity contribution < 1.29 is 4.79 Å². The molecule has 0 spiro atoms. The molecule has 4 rings (SSSR count). The van der Waals surface area contributed by atoms with E-state index < -0.39 is 0 Å². The zero-order chi connectivity index (χ0) is 14.3. The van der Waals surface area contributed by atoms with Crippen molar-refractivity contribution in [1.29, 1.82) is 0 Å². The van der Waals surface area contributed by atoms with Gasteiger partial charge in [-0.05, 0) is 31.2 Å². The van der Waals surface area contributed by atoms with Gasteiger partial charge in [0.2, 0.25) is 0 Å². The number of aryl methyl sites for hydroxylation is 1. The van der Waals surface area contributed by atoms with E-state index in [2.05, 4.69) is 29.2 Å². The Morgan fingerprint density at radius 2 is 1.81 bits per heavy atom. The van der Waals surface area contributed by atoms with E-state index in [1.165, 1.54) is 12.0 Å². The van der Waals surface area contributed by atoms with Crippen LogP contribution in [0.2, 0.25) is 0 Å². The fraction of sp³-hybridized carbons (Fsp3) is 0.389. The minimum absolute atomic E-state index is 0.0310. The van der Waals surface area contributed by atoms with E-state index in [9.17, 15) is 4.79 Å². The van der Waals surface area contributed by atoms with Crippen molar-refractivity contribution in [3.05, 3.63) is 59.2 Å². The van der Waals surface area contributed by atoms with Gasteiger partial charge in [-0.3, -0.25) is 4.79 Å². The van der Waals surface area contributed by atoms with E-state index in [1.54, 1.807) is 6.20 Å². The maximum Gasteiger partial charge on any atom is 0.166 e. The monoisotopic (exact) mass is 278 g/mol. The predicted molar refractivity (Wildman–Crippen MR) is 80.4 cm³/mol. The highest BCUT2D eigenvalue weighted by Crippen LogP contribution is 2.47. The summed E-state index contributed by atoms with van der Waals surface area (Å²) in [5.41, 5.74) is 2.97. The van der Waals surface area contributed by atoms with Gasteiger partial charge in [0.25, 0.3) is 0 Å². The summed E-state index contributed by atoms with van der Waals surface area (Å²) >= 11 is 0. The molecule has 3 nitrogen and oxygen atoms in total. The third-order valence-electron chi connectivity index (χ3n) is 4.95. The number of nitrogens with zero attached hydrogens (tertiary/aromatic N) is 2. The largest absolute Gasteiger partial charge is 0.294 e. The Kier molecular flexibility index (Phi) is 2.88. The summed E-state index contributed by atoms with van der Waals surface area (Å²) in [6.07, 6.45) is 7.64. The average Bonchev–Trinajstić information content (AvgIpc) is 2.47. The summed E-state index contributed by atoms with van der Waals surface area (Å²) < 4.78 is 0. The molecule has 0 bridgehead atoms. The lowest BCUT2D eigenvalue weighted by Crippen LogP contribution is -2.38. The summed E-state index contributed by atoms with van der Waals surface area (Å²) in [5, 5.41) is 0. The molecule has 0 atom stereocenters. The Morgan fingerprint density at radius 3 is 2.52 bits per heavy atom. The van der Waals surface area contributed by atoms with E-state index in [0.717, 1.165) is 42.8 Å². The SMILES string of the molecule is O=C1CCCc2nc(C3(c4ccccc4)CCC3)ncc21. The molecule has 2 aliphatic rings. The van der Waals surface area contributed by atoms with Crippen LogP contribution in [0.15, 0.2) is 36.5 Å². The van der Waals surface area contributed by atoms with Crippen molar-refractivity contribution in [3.63, 3.8) is 0 Å². The summed E-state index contributed by atoms with van der Waals surface area (Å²) in [6.45, 7) is 0. The first-order valence-corrected chi connectivity index (χ1v) is 7.75. The predicted octanol–water partition coefficient (Wildman–Crippen LogP) is 3.47. The second-order valence-corrected chi connectivity index (χ2v) is 6.13. The Labute approximate surface area is 124 Å². The van der Waals surface area contributed by atoms with Crippen molar-refractivity contribution in [2.45, 2.75) is 43.9 Å². The molecular weight excluding hydrogens is 260 g/mol. The van der Waals surface area contributed by atoms with Crippen LogP contribution in [-0.2, 0) is 11.8 Å². The van der Waals surface area contributed by atoms with Crippen LogP contribution in [0.5, 0.6) is 0 Å². The fourth-order valence-electron chi connectivity index (χ4n) is 3.55. The molecule has 1 heterocycles. The molecule has 1 saturated carbocycles. The van der Waals surface area contributed by atoms with Gasteiger partial charge >= 0.3 is 0 Å². The average molecular weight is 278 g/mol. The van der Waals surface area contributed by atoms with Crippen LogP contribution < -0.4 is 0 Å². The van der Waals surface area contributed by atoms with E-state index in [1.807, 2.05) is 6.07 Å². The van der Waals surface area contributed by atoms with Crippen molar-refractivity contribution >= 4 is 5.78 Å². The van der Waals surface area contributed by atoms with Crippen LogP contribution >= 0.6 is 0 Å². The second-order valence-electron chi connectivity index (χ2n) is 6.13. The quantitative estimate of drug-likeness (QED) is 0.844. The number of rotatable bonds is 2. The normalized spacial score (nSPS) is 19.7. The van der Waals surface area contributed by atoms with Gasteiger partial charge in [0.15, 0.2) is 5.78 Å². The second kappa shape index (κ2) is 4.76. The minimum Gasteiger partial charge on any atom is -0.294 e. The Bertz CT molecular complexity index is 690. The van der Waals surface area contributed by atoms with Crippen molar-refractivity contribution in [3.8, 4) is 0 Å². The van der Waals surface area contributed by atoms with Crippen LogP contribution in [0.1, 0.15) is 59.5 Å². The van der Waals surface area contributed by atoms with E-state index >= 15 is 0 Å². The lowest BCUT2D eigenvalue weighted by atomic mass is 9.63. The maximum absolute atomic E-state index is 11.9. The number of fused-ring (bicyclic) bond motifs is 1. The molecule has 0 radical (unpaired) electrons. The highest BCUT2D eigenvalue weighted by Gasteiger charge is 2.43. The molecule has 0 unspecified atom stereocenters. The van der Waals surface area contributed by atoms with E-state index in [0.29, 0.717) is 6.42 Å². The molecule has 21 heavy (non-hydrogen) atoms. The first kappa shape index (κ1) is 12.7. The summed E-state index contributed by atoms with van der Waals surface area (Å²) in [4.78, 5) is 21.3. The number of Topliss-reactive ketones (excluding diaryl/α,β-unsaturated/α-hetero) is 1. The molecule has 106 valence electrons. The van der Waals surface area contributed by atoms with Crippen LogP contribution in [0.3, 0.4) is 0 Å².